The molecule has 26 heavy (non-hydrogen) atoms. The van der Waals surface area contributed by atoms with Crippen LogP contribution in [0.4, 0.5) is 0 Å². The summed E-state index contributed by atoms with van der Waals surface area (Å²) in [5.41, 5.74) is 2.30. The number of benzene rings is 2. The van der Waals surface area contributed by atoms with Crippen molar-refractivity contribution in [2.45, 2.75) is 32.2 Å². The van der Waals surface area contributed by atoms with Gasteiger partial charge in [0, 0.05) is 22.4 Å². The molecule has 0 saturated heterocycles. The number of nitrogens with zero attached hydrogens (tertiary/aromatic N) is 1. The van der Waals surface area contributed by atoms with E-state index in [-0.39, 0.29) is 5.78 Å². The lowest BCUT2D eigenvalue weighted by atomic mass is 9.83. The predicted molar refractivity (Wildman–Crippen MR) is 101 cm³/mol. The molecule has 2 aromatic carbocycles. The van der Waals surface area contributed by atoms with E-state index in [1.165, 1.54) is 4.90 Å². The summed E-state index contributed by atoms with van der Waals surface area (Å²) in [6, 6.07) is 16.3. The van der Waals surface area contributed by atoms with Crippen LogP contribution in [0.3, 0.4) is 0 Å². The lowest BCUT2D eigenvalue weighted by Crippen LogP contribution is -2.52. The highest BCUT2D eigenvalue weighted by Gasteiger charge is 2.40. The topological polar surface area (TPSA) is 54.5 Å². The smallest absolute Gasteiger partial charge is 0.295 e. The normalized spacial score (nSPS) is 15.3. The minimum Gasteiger partial charge on any atom is -0.300 e. The zero-order valence-electron chi connectivity index (χ0n) is 15.0. The van der Waals surface area contributed by atoms with Crippen molar-refractivity contribution in [2.75, 3.05) is 0 Å². The van der Waals surface area contributed by atoms with Crippen LogP contribution < -0.4 is 0 Å². The molecule has 1 aliphatic rings. The molecule has 0 bridgehead atoms. The fraction of sp³-hybridized carbons (Fsp3) is 0.227. The van der Waals surface area contributed by atoms with Crippen molar-refractivity contribution in [3.05, 3.63) is 77.9 Å². The van der Waals surface area contributed by atoms with Crippen LogP contribution in [0.1, 0.15) is 41.8 Å². The zero-order chi connectivity index (χ0) is 18.9. The van der Waals surface area contributed by atoms with E-state index in [9.17, 15) is 14.4 Å². The fourth-order valence-corrected chi connectivity index (χ4v) is 3.46. The predicted octanol–water partition coefficient (Wildman–Crippen LogP) is 3.66. The highest BCUT2D eigenvalue weighted by Crippen LogP contribution is 2.37. The molecule has 132 valence electrons. The van der Waals surface area contributed by atoms with Crippen LogP contribution in [0.15, 0.2) is 61.2 Å². The summed E-state index contributed by atoms with van der Waals surface area (Å²) in [6.07, 6.45) is 0.179. The van der Waals surface area contributed by atoms with Crippen molar-refractivity contribution in [2.24, 2.45) is 0 Å². The van der Waals surface area contributed by atoms with E-state index >= 15 is 0 Å². The Morgan fingerprint density at radius 1 is 1.00 bits per heavy atom. The molecule has 0 unspecified atom stereocenters. The van der Waals surface area contributed by atoms with Gasteiger partial charge in [-0.25, -0.2) is 0 Å². The molecule has 0 N–H and O–H groups in total. The van der Waals surface area contributed by atoms with Crippen molar-refractivity contribution >= 4 is 23.2 Å². The average molecular weight is 347 g/mol. The molecule has 1 amide bonds. The molecule has 4 nitrogen and oxygen atoms in total. The van der Waals surface area contributed by atoms with Crippen molar-refractivity contribution in [3.8, 4) is 0 Å². The average Bonchev–Trinajstić information content (AvgIpc) is 2.61. The molecule has 0 saturated carbocycles. The van der Waals surface area contributed by atoms with Crippen molar-refractivity contribution in [1.82, 2.24) is 4.90 Å². The van der Waals surface area contributed by atoms with E-state index in [0.717, 1.165) is 11.1 Å². The van der Waals surface area contributed by atoms with Gasteiger partial charge in [-0.3, -0.25) is 19.3 Å². The Morgan fingerprint density at radius 3 is 2.31 bits per heavy atom. The molecule has 0 spiro atoms. The molecule has 0 fully saturated rings. The maximum Gasteiger partial charge on any atom is 0.295 e. The maximum atomic E-state index is 12.9. The van der Waals surface area contributed by atoms with Crippen LogP contribution >= 0.6 is 0 Å². The maximum absolute atomic E-state index is 12.9. The first kappa shape index (κ1) is 17.8. The Hall–Kier alpha value is -3.01. The van der Waals surface area contributed by atoms with Gasteiger partial charge >= 0.3 is 0 Å². The SMILES string of the molecule is C=C1c2ccccc2CC(C)(C)N1C(=O)C(=O)CC(=O)c1ccccc1. The van der Waals surface area contributed by atoms with Gasteiger partial charge in [-0.05, 0) is 25.8 Å². The van der Waals surface area contributed by atoms with E-state index in [4.69, 9.17) is 0 Å². The number of fused-ring (bicyclic) bond motifs is 1. The van der Waals surface area contributed by atoms with Crippen LogP contribution in [0.5, 0.6) is 0 Å². The Morgan fingerprint density at radius 2 is 1.62 bits per heavy atom. The number of Topliss-reactive ketones (excluding diaryl/α,β-unsaturated/α-hetero) is 2. The monoisotopic (exact) mass is 347 g/mol. The molecule has 4 heteroatoms. The number of hydrogen-bond acceptors (Lipinski definition) is 3. The van der Waals surface area contributed by atoms with Gasteiger partial charge in [0.1, 0.15) is 0 Å². The van der Waals surface area contributed by atoms with Crippen LogP contribution in [0.25, 0.3) is 5.70 Å². The molecule has 1 heterocycles. The summed E-state index contributed by atoms with van der Waals surface area (Å²) in [4.78, 5) is 39.1. The first-order valence-corrected chi connectivity index (χ1v) is 8.54. The summed E-state index contributed by atoms with van der Waals surface area (Å²) < 4.78 is 0. The van der Waals surface area contributed by atoms with Crippen molar-refractivity contribution in [1.29, 1.82) is 0 Å². The van der Waals surface area contributed by atoms with E-state index in [2.05, 4.69) is 6.58 Å². The minimum absolute atomic E-state index is 0.357. The van der Waals surface area contributed by atoms with Crippen LogP contribution in [0, 0.1) is 0 Å². The van der Waals surface area contributed by atoms with Crippen molar-refractivity contribution < 1.29 is 14.4 Å². The van der Waals surface area contributed by atoms with Gasteiger partial charge in [-0.1, -0.05) is 61.2 Å². The van der Waals surface area contributed by atoms with Gasteiger partial charge in [0.25, 0.3) is 5.91 Å². The quantitative estimate of drug-likeness (QED) is 0.482. The Balaban J connectivity index is 1.83. The third-order valence-corrected chi connectivity index (χ3v) is 4.69. The van der Waals surface area contributed by atoms with Gasteiger partial charge in [0.15, 0.2) is 5.78 Å². The summed E-state index contributed by atoms with van der Waals surface area (Å²) in [6.45, 7) is 7.84. The van der Waals surface area contributed by atoms with Crippen LogP contribution in [0.2, 0.25) is 0 Å². The lowest BCUT2D eigenvalue weighted by Gasteiger charge is -2.44. The molecule has 0 atom stereocenters. The van der Waals surface area contributed by atoms with E-state index < -0.39 is 23.7 Å². The molecular formula is C22H21NO3. The standard InChI is InChI=1S/C22H21NO3/c1-15-18-12-8-7-11-17(18)14-22(2,3)23(15)21(26)20(25)13-19(24)16-9-5-4-6-10-16/h4-12H,1,13-14H2,2-3H3. The second-order valence-corrected chi connectivity index (χ2v) is 7.12. The summed E-state index contributed by atoms with van der Waals surface area (Å²) in [7, 11) is 0. The number of carbonyl (C=O) groups is 3. The molecule has 2 aromatic rings. The Kier molecular flexibility index (Phi) is 4.60. The number of hydrogen-bond donors (Lipinski definition) is 0. The van der Waals surface area contributed by atoms with Gasteiger partial charge in [-0.15, -0.1) is 0 Å². The lowest BCUT2D eigenvalue weighted by molar-refractivity contribution is -0.144. The Bertz CT molecular complexity index is 897. The zero-order valence-corrected chi connectivity index (χ0v) is 15.0. The van der Waals surface area contributed by atoms with Gasteiger partial charge < -0.3 is 0 Å². The van der Waals surface area contributed by atoms with Gasteiger partial charge in [0.05, 0.1) is 6.42 Å². The number of carbonyl (C=O) groups excluding carboxylic acids is 3. The number of rotatable bonds is 4. The van der Waals surface area contributed by atoms with Crippen molar-refractivity contribution in [3.63, 3.8) is 0 Å². The Labute approximate surface area is 153 Å². The van der Waals surface area contributed by atoms with E-state index in [1.54, 1.807) is 30.3 Å². The molecule has 3 rings (SSSR count). The molecule has 0 radical (unpaired) electrons. The highest BCUT2D eigenvalue weighted by molar-refractivity contribution is 6.41. The largest absolute Gasteiger partial charge is 0.300 e. The second kappa shape index (κ2) is 6.71. The third kappa shape index (κ3) is 3.23. The fourth-order valence-electron chi connectivity index (χ4n) is 3.46. The second-order valence-electron chi connectivity index (χ2n) is 7.12. The number of amides is 1. The molecule has 1 aliphatic heterocycles. The minimum atomic E-state index is -0.715. The number of ketones is 2. The first-order valence-electron chi connectivity index (χ1n) is 8.54. The van der Waals surface area contributed by atoms with Gasteiger partial charge in [-0.2, -0.15) is 0 Å². The highest BCUT2D eigenvalue weighted by atomic mass is 16.2. The summed E-state index contributed by atoms with van der Waals surface area (Å²) in [5, 5.41) is 0. The summed E-state index contributed by atoms with van der Waals surface area (Å²) >= 11 is 0. The first-order chi connectivity index (χ1) is 12.3. The van der Waals surface area contributed by atoms with Crippen LogP contribution in [-0.4, -0.2) is 27.9 Å². The van der Waals surface area contributed by atoms with E-state index in [0.29, 0.717) is 17.7 Å². The summed E-state index contributed by atoms with van der Waals surface area (Å²) in [5.74, 6) is -1.75. The molecular weight excluding hydrogens is 326 g/mol. The van der Waals surface area contributed by atoms with E-state index in [1.807, 2.05) is 38.1 Å². The third-order valence-electron chi connectivity index (χ3n) is 4.69. The van der Waals surface area contributed by atoms with Crippen LogP contribution in [-0.2, 0) is 16.0 Å². The molecule has 0 aliphatic carbocycles. The van der Waals surface area contributed by atoms with Gasteiger partial charge in [0.2, 0.25) is 5.78 Å². The molecule has 0 aromatic heterocycles.